The molecule has 0 aliphatic heterocycles. The van der Waals surface area contributed by atoms with Crippen molar-refractivity contribution in [1.29, 1.82) is 0 Å². The largest absolute Gasteiger partial charge is 0.497 e. The van der Waals surface area contributed by atoms with Crippen LogP contribution < -0.4 is 10.1 Å². The van der Waals surface area contributed by atoms with E-state index in [0.717, 1.165) is 35.4 Å². The quantitative estimate of drug-likeness (QED) is 0.762. The number of rotatable bonds is 6. The van der Waals surface area contributed by atoms with Crippen LogP contribution in [0.4, 0.5) is 13.2 Å². The summed E-state index contributed by atoms with van der Waals surface area (Å²) in [5, 5.41) is 3.06. The topological polar surface area (TPSA) is 38.3 Å². The highest BCUT2D eigenvalue weighted by molar-refractivity contribution is 5.83. The normalized spacial score (nSPS) is 20.0. The summed E-state index contributed by atoms with van der Waals surface area (Å²) in [4.78, 5) is 12.6. The van der Waals surface area contributed by atoms with Crippen LogP contribution in [0.25, 0.3) is 0 Å². The maximum atomic E-state index is 12.7. The van der Waals surface area contributed by atoms with Crippen molar-refractivity contribution < 1.29 is 22.7 Å². The lowest BCUT2D eigenvalue weighted by atomic mass is 10.0. The molecular weight excluding hydrogens is 355 g/mol. The molecule has 1 N–H and O–H groups in total. The molecule has 3 atom stereocenters. The van der Waals surface area contributed by atoms with Gasteiger partial charge in [-0.2, -0.15) is 13.2 Å². The second-order valence-electron chi connectivity index (χ2n) is 6.81. The first kappa shape index (κ1) is 19.3. The van der Waals surface area contributed by atoms with Gasteiger partial charge in [-0.15, -0.1) is 0 Å². The van der Waals surface area contributed by atoms with Crippen LogP contribution in [0.5, 0.6) is 5.75 Å². The van der Waals surface area contributed by atoms with Crippen LogP contribution >= 0.6 is 0 Å². The van der Waals surface area contributed by atoms with E-state index in [4.69, 9.17) is 4.74 Å². The lowest BCUT2D eigenvalue weighted by Gasteiger charge is -2.18. The van der Waals surface area contributed by atoms with Gasteiger partial charge < -0.3 is 10.1 Å². The van der Waals surface area contributed by atoms with Gasteiger partial charge in [-0.3, -0.25) is 4.79 Å². The van der Waals surface area contributed by atoms with Crippen LogP contribution in [-0.4, -0.2) is 13.0 Å². The van der Waals surface area contributed by atoms with Crippen LogP contribution in [-0.2, 0) is 11.0 Å². The molecule has 3 unspecified atom stereocenters. The van der Waals surface area contributed by atoms with Gasteiger partial charge in [-0.05, 0) is 54.2 Å². The molecule has 1 fully saturated rings. The minimum Gasteiger partial charge on any atom is -0.497 e. The molecular formula is C21H22F3NO2. The van der Waals surface area contributed by atoms with Crippen molar-refractivity contribution in [2.24, 2.45) is 5.92 Å². The highest BCUT2D eigenvalue weighted by Crippen LogP contribution is 2.48. The molecule has 0 bridgehead atoms. The van der Waals surface area contributed by atoms with Gasteiger partial charge in [-0.1, -0.05) is 31.2 Å². The number of carbonyl (C=O) groups is 1. The van der Waals surface area contributed by atoms with E-state index >= 15 is 0 Å². The van der Waals surface area contributed by atoms with Crippen molar-refractivity contribution in [3.63, 3.8) is 0 Å². The zero-order valence-corrected chi connectivity index (χ0v) is 15.2. The average molecular weight is 377 g/mol. The molecule has 0 aromatic heterocycles. The standard InChI is InChI=1S/C21H22F3NO2/c1-3-19(14-6-10-16(27-2)11-7-14)25-20(26)18-12-17(18)13-4-8-15(9-5-13)21(22,23)24/h4-11,17-19H,3,12H2,1-2H3,(H,25,26). The first-order valence-corrected chi connectivity index (χ1v) is 8.95. The highest BCUT2D eigenvalue weighted by Gasteiger charge is 2.44. The zero-order chi connectivity index (χ0) is 19.6. The summed E-state index contributed by atoms with van der Waals surface area (Å²) in [5.41, 5.74) is 1.11. The summed E-state index contributed by atoms with van der Waals surface area (Å²) in [5.74, 6) is 0.502. The van der Waals surface area contributed by atoms with E-state index in [-0.39, 0.29) is 23.8 Å². The Morgan fingerprint density at radius 2 is 1.78 bits per heavy atom. The number of ether oxygens (including phenoxy) is 1. The molecule has 1 saturated carbocycles. The van der Waals surface area contributed by atoms with Crippen LogP contribution in [0, 0.1) is 5.92 Å². The predicted octanol–water partition coefficient (Wildman–Crippen LogP) is 5.09. The Bertz CT molecular complexity index is 785. The van der Waals surface area contributed by atoms with Gasteiger partial charge >= 0.3 is 6.18 Å². The monoisotopic (exact) mass is 377 g/mol. The number of hydrogen-bond acceptors (Lipinski definition) is 2. The number of amides is 1. The van der Waals surface area contributed by atoms with Gasteiger partial charge in [0, 0.05) is 5.92 Å². The van der Waals surface area contributed by atoms with E-state index in [2.05, 4.69) is 5.32 Å². The summed E-state index contributed by atoms with van der Waals surface area (Å²) >= 11 is 0. The Morgan fingerprint density at radius 1 is 1.15 bits per heavy atom. The van der Waals surface area contributed by atoms with Crippen molar-refractivity contribution in [1.82, 2.24) is 5.32 Å². The van der Waals surface area contributed by atoms with E-state index in [9.17, 15) is 18.0 Å². The van der Waals surface area contributed by atoms with Gasteiger partial charge in [0.1, 0.15) is 5.75 Å². The lowest BCUT2D eigenvalue weighted by Crippen LogP contribution is -2.29. The average Bonchev–Trinajstić information content (AvgIpc) is 3.46. The van der Waals surface area contributed by atoms with E-state index < -0.39 is 11.7 Å². The number of nitrogens with one attached hydrogen (secondary N) is 1. The second kappa shape index (κ2) is 7.62. The third-order valence-electron chi connectivity index (χ3n) is 5.04. The van der Waals surface area contributed by atoms with E-state index in [1.54, 1.807) is 7.11 Å². The summed E-state index contributed by atoms with van der Waals surface area (Å²) in [6, 6.07) is 12.6. The molecule has 3 rings (SSSR count). The van der Waals surface area contributed by atoms with Crippen LogP contribution in [0.2, 0.25) is 0 Å². The van der Waals surface area contributed by atoms with Gasteiger partial charge in [-0.25, -0.2) is 0 Å². The van der Waals surface area contributed by atoms with Crippen molar-refractivity contribution >= 4 is 5.91 Å². The second-order valence-corrected chi connectivity index (χ2v) is 6.81. The highest BCUT2D eigenvalue weighted by atomic mass is 19.4. The number of benzene rings is 2. The fourth-order valence-electron chi connectivity index (χ4n) is 3.31. The van der Waals surface area contributed by atoms with Crippen molar-refractivity contribution in [3.05, 3.63) is 65.2 Å². The molecule has 6 heteroatoms. The maximum Gasteiger partial charge on any atom is 0.416 e. The Morgan fingerprint density at radius 3 is 2.30 bits per heavy atom. The number of hydrogen-bond donors (Lipinski definition) is 1. The van der Waals surface area contributed by atoms with Crippen molar-refractivity contribution in [2.75, 3.05) is 7.11 Å². The first-order chi connectivity index (χ1) is 12.8. The fraction of sp³-hybridized carbons (Fsp3) is 0.381. The third kappa shape index (κ3) is 4.43. The lowest BCUT2D eigenvalue weighted by molar-refractivity contribution is -0.137. The maximum absolute atomic E-state index is 12.7. The van der Waals surface area contributed by atoms with Gasteiger partial charge in [0.2, 0.25) is 5.91 Å². The Labute approximate surface area is 156 Å². The van der Waals surface area contributed by atoms with Gasteiger partial charge in [0.15, 0.2) is 0 Å². The smallest absolute Gasteiger partial charge is 0.416 e. The summed E-state index contributed by atoms with van der Waals surface area (Å²) in [6.45, 7) is 2.00. The minimum absolute atomic E-state index is 0.0133. The van der Waals surface area contributed by atoms with Crippen LogP contribution in [0.1, 0.15) is 48.4 Å². The van der Waals surface area contributed by atoms with Gasteiger partial charge in [0.25, 0.3) is 0 Å². The molecule has 2 aromatic rings. The third-order valence-corrected chi connectivity index (χ3v) is 5.04. The van der Waals surface area contributed by atoms with Crippen molar-refractivity contribution in [3.8, 4) is 5.75 Å². The van der Waals surface area contributed by atoms with Crippen LogP contribution in [0.3, 0.4) is 0 Å². The summed E-state index contributed by atoms with van der Waals surface area (Å²) in [7, 11) is 1.60. The summed E-state index contributed by atoms with van der Waals surface area (Å²) < 4.78 is 43.1. The predicted molar refractivity (Wildman–Crippen MR) is 96.5 cm³/mol. The van der Waals surface area contributed by atoms with Gasteiger partial charge in [0.05, 0.1) is 18.7 Å². The van der Waals surface area contributed by atoms with E-state index in [0.29, 0.717) is 6.42 Å². The minimum atomic E-state index is -4.34. The molecule has 27 heavy (non-hydrogen) atoms. The van der Waals surface area contributed by atoms with E-state index in [1.165, 1.54) is 12.1 Å². The number of carbonyl (C=O) groups excluding carboxylic acids is 1. The molecule has 0 saturated heterocycles. The van der Waals surface area contributed by atoms with Crippen molar-refractivity contribution in [2.45, 2.75) is 37.9 Å². The molecule has 1 amide bonds. The molecule has 0 heterocycles. The molecule has 1 aliphatic carbocycles. The molecule has 0 spiro atoms. The Kier molecular flexibility index (Phi) is 5.44. The molecule has 3 nitrogen and oxygen atoms in total. The number of methoxy groups -OCH3 is 1. The summed E-state index contributed by atoms with van der Waals surface area (Å²) in [6.07, 6.45) is -2.93. The first-order valence-electron chi connectivity index (χ1n) is 8.95. The molecule has 0 radical (unpaired) electrons. The van der Waals surface area contributed by atoms with E-state index in [1.807, 2.05) is 31.2 Å². The molecule has 1 aliphatic rings. The Balaban J connectivity index is 1.61. The fourth-order valence-corrected chi connectivity index (χ4v) is 3.31. The number of alkyl halides is 3. The molecule has 2 aromatic carbocycles. The molecule has 144 valence electrons. The van der Waals surface area contributed by atoms with Crippen LogP contribution in [0.15, 0.2) is 48.5 Å². The number of halogens is 3. The Hall–Kier alpha value is -2.50. The SMILES string of the molecule is CCC(NC(=O)C1CC1c1ccc(C(F)(F)F)cc1)c1ccc(OC)cc1. The zero-order valence-electron chi connectivity index (χ0n) is 15.2.